The molecule has 1 aliphatic rings. The molecule has 5 heteroatoms. The van der Waals surface area contributed by atoms with Gasteiger partial charge < -0.3 is 10.0 Å². The van der Waals surface area contributed by atoms with Crippen LogP contribution in [0.15, 0.2) is 0 Å². The zero-order valence-corrected chi connectivity index (χ0v) is 9.44. The SMILES string of the molecule is CCC(=O)CC(=O)N1CCCCC1C(=O)O. The molecule has 0 saturated carbocycles. The van der Waals surface area contributed by atoms with E-state index in [0.717, 1.165) is 12.8 Å². The normalized spacial score (nSPS) is 20.6. The number of nitrogens with zero attached hydrogens (tertiary/aromatic N) is 1. The van der Waals surface area contributed by atoms with Crippen LogP contribution in [-0.4, -0.2) is 40.3 Å². The summed E-state index contributed by atoms with van der Waals surface area (Å²) in [6.07, 6.45) is 2.28. The lowest BCUT2D eigenvalue weighted by molar-refractivity contribution is -0.153. The van der Waals surface area contributed by atoms with E-state index < -0.39 is 12.0 Å². The third-order valence-corrected chi connectivity index (χ3v) is 2.85. The number of amides is 1. The van der Waals surface area contributed by atoms with E-state index in [4.69, 9.17) is 5.11 Å². The summed E-state index contributed by atoms with van der Waals surface area (Å²) < 4.78 is 0. The van der Waals surface area contributed by atoms with Gasteiger partial charge in [-0.25, -0.2) is 4.79 Å². The molecule has 1 N–H and O–H groups in total. The molecule has 1 heterocycles. The first kappa shape index (κ1) is 12.7. The summed E-state index contributed by atoms with van der Waals surface area (Å²) in [4.78, 5) is 35.1. The van der Waals surface area contributed by atoms with Crippen LogP contribution in [0.2, 0.25) is 0 Å². The highest BCUT2D eigenvalue weighted by atomic mass is 16.4. The maximum atomic E-state index is 11.7. The number of rotatable bonds is 4. The highest BCUT2D eigenvalue weighted by Gasteiger charge is 2.32. The largest absolute Gasteiger partial charge is 0.480 e. The van der Waals surface area contributed by atoms with Crippen molar-refractivity contribution in [1.82, 2.24) is 4.90 Å². The molecule has 0 aliphatic carbocycles. The first-order chi connectivity index (χ1) is 7.56. The van der Waals surface area contributed by atoms with Gasteiger partial charge in [-0.1, -0.05) is 6.92 Å². The molecule has 0 spiro atoms. The van der Waals surface area contributed by atoms with Gasteiger partial charge in [-0.15, -0.1) is 0 Å². The molecule has 1 saturated heterocycles. The van der Waals surface area contributed by atoms with Crippen molar-refractivity contribution >= 4 is 17.7 Å². The second-order valence-electron chi connectivity index (χ2n) is 4.01. The van der Waals surface area contributed by atoms with Gasteiger partial charge in [0.1, 0.15) is 11.8 Å². The Morgan fingerprint density at radius 3 is 2.56 bits per heavy atom. The van der Waals surface area contributed by atoms with Crippen LogP contribution in [-0.2, 0) is 14.4 Å². The van der Waals surface area contributed by atoms with Crippen molar-refractivity contribution in [2.24, 2.45) is 0 Å². The van der Waals surface area contributed by atoms with E-state index in [1.807, 2.05) is 0 Å². The van der Waals surface area contributed by atoms with Gasteiger partial charge in [-0.05, 0) is 19.3 Å². The minimum absolute atomic E-state index is 0.139. The second-order valence-corrected chi connectivity index (χ2v) is 4.01. The molecule has 0 aromatic rings. The number of ketones is 1. The topological polar surface area (TPSA) is 74.7 Å². The molecule has 0 radical (unpaired) electrons. The Labute approximate surface area is 94.4 Å². The highest BCUT2D eigenvalue weighted by Crippen LogP contribution is 2.18. The number of Topliss-reactive ketones (excluding diaryl/α,β-unsaturated/α-hetero) is 1. The first-order valence-electron chi connectivity index (χ1n) is 5.60. The fraction of sp³-hybridized carbons (Fsp3) is 0.727. The molecule has 16 heavy (non-hydrogen) atoms. The lowest BCUT2D eigenvalue weighted by Crippen LogP contribution is -2.48. The zero-order chi connectivity index (χ0) is 12.1. The second kappa shape index (κ2) is 5.63. The number of likely N-dealkylation sites (tertiary alicyclic amines) is 1. The molecule has 5 nitrogen and oxygen atoms in total. The fourth-order valence-corrected chi connectivity index (χ4v) is 1.88. The van der Waals surface area contributed by atoms with Crippen molar-refractivity contribution in [3.63, 3.8) is 0 Å². The van der Waals surface area contributed by atoms with Gasteiger partial charge in [0.25, 0.3) is 0 Å². The summed E-state index contributed by atoms with van der Waals surface area (Å²) in [6, 6.07) is -0.745. The molecule has 1 rings (SSSR count). The van der Waals surface area contributed by atoms with Crippen LogP contribution in [0.25, 0.3) is 0 Å². The van der Waals surface area contributed by atoms with Crippen LogP contribution in [0.3, 0.4) is 0 Å². The first-order valence-corrected chi connectivity index (χ1v) is 5.60. The van der Waals surface area contributed by atoms with E-state index in [1.165, 1.54) is 4.90 Å². The van der Waals surface area contributed by atoms with Crippen molar-refractivity contribution in [3.05, 3.63) is 0 Å². The lowest BCUT2D eigenvalue weighted by Gasteiger charge is -2.32. The molecule has 0 bridgehead atoms. The Hall–Kier alpha value is -1.39. The monoisotopic (exact) mass is 227 g/mol. The van der Waals surface area contributed by atoms with Crippen LogP contribution < -0.4 is 0 Å². The molecule has 1 unspecified atom stereocenters. The number of piperidine rings is 1. The number of carboxylic acid groups (broad SMARTS) is 1. The van der Waals surface area contributed by atoms with E-state index >= 15 is 0 Å². The van der Waals surface area contributed by atoms with Crippen LogP contribution in [0.5, 0.6) is 0 Å². The number of hydrogen-bond acceptors (Lipinski definition) is 3. The van der Waals surface area contributed by atoms with Crippen LogP contribution >= 0.6 is 0 Å². The maximum absolute atomic E-state index is 11.7. The van der Waals surface area contributed by atoms with Gasteiger partial charge in [-0.2, -0.15) is 0 Å². The molecule has 0 aromatic carbocycles. The molecule has 1 aliphatic heterocycles. The van der Waals surface area contributed by atoms with E-state index in [-0.39, 0.29) is 18.1 Å². The molecular formula is C11H17NO4. The van der Waals surface area contributed by atoms with Gasteiger partial charge in [-0.3, -0.25) is 9.59 Å². The third-order valence-electron chi connectivity index (χ3n) is 2.85. The van der Waals surface area contributed by atoms with Crippen molar-refractivity contribution in [2.45, 2.75) is 45.1 Å². The van der Waals surface area contributed by atoms with Crippen molar-refractivity contribution < 1.29 is 19.5 Å². The molecule has 90 valence electrons. The number of hydrogen-bond donors (Lipinski definition) is 1. The maximum Gasteiger partial charge on any atom is 0.326 e. The summed E-state index contributed by atoms with van der Waals surface area (Å²) >= 11 is 0. The Morgan fingerprint density at radius 2 is 2.00 bits per heavy atom. The van der Waals surface area contributed by atoms with Crippen LogP contribution in [0.1, 0.15) is 39.0 Å². The van der Waals surface area contributed by atoms with E-state index in [0.29, 0.717) is 19.4 Å². The van der Waals surface area contributed by atoms with Crippen LogP contribution in [0.4, 0.5) is 0 Å². The summed E-state index contributed by atoms with van der Waals surface area (Å²) in [5.41, 5.74) is 0. The van der Waals surface area contributed by atoms with E-state index in [1.54, 1.807) is 6.92 Å². The predicted molar refractivity (Wildman–Crippen MR) is 56.9 cm³/mol. The summed E-state index contributed by atoms with van der Waals surface area (Å²) in [5, 5.41) is 8.97. The molecule has 1 amide bonds. The third kappa shape index (κ3) is 3.05. The van der Waals surface area contributed by atoms with Gasteiger partial charge in [0.15, 0.2) is 0 Å². The fourth-order valence-electron chi connectivity index (χ4n) is 1.88. The molecule has 1 fully saturated rings. The summed E-state index contributed by atoms with van der Waals surface area (Å²) in [6.45, 7) is 2.15. The Bertz CT molecular complexity index is 300. The number of aliphatic carboxylic acids is 1. The zero-order valence-electron chi connectivity index (χ0n) is 9.44. The Balaban J connectivity index is 2.64. The molecule has 1 atom stereocenters. The van der Waals surface area contributed by atoms with Gasteiger partial charge >= 0.3 is 5.97 Å². The van der Waals surface area contributed by atoms with E-state index in [9.17, 15) is 14.4 Å². The smallest absolute Gasteiger partial charge is 0.326 e. The lowest BCUT2D eigenvalue weighted by atomic mass is 10.0. The number of carboxylic acids is 1. The Kier molecular flexibility index (Phi) is 4.46. The number of carbonyl (C=O) groups excluding carboxylic acids is 2. The Morgan fingerprint density at radius 1 is 1.31 bits per heavy atom. The standard InChI is InChI=1S/C11H17NO4/c1-2-8(13)7-10(14)12-6-4-3-5-9(12)11(15)16/h9H,2-7H2,1H3,(H,15,16). The predicted octanol–water partition coefficient (Wildman–Crippen LogP) is 0.821. The van der Waals surface area contributed by atoms with Crippen molar-refractivity contribution in [3.8, 4) is 0 Å². The number of carbonyl (C=O) groups is 3. The average molecular weight is 227 g/mol. The minimum Gasteiger partial charge on any atom is -0.480 e. The highest BCUT2D eigenvalue weighted by molar-refractivity contribution is 5.99. The van der Waals surface area contributed by atoms with E-state index in [2.05, 4.69) is 0 Å². The molecular weight excluding hydrogens is 210 g/mol. The van der Waals surface area contributed by atoms with Crippen molar-refractivity contribution in [1.29, 1.82) is 0 Å². The average Bonchev–Trinajstić information content (AvgIpc) is 2.28. The van der Waals surface area contributed by atoms with Crippen molar-refractivity contribution in [2.75, 3.05) is 6.54 Å². The van der Waals surface area contributed by atoms with Crippen LogP contribution in [0, 0.1) is 0 Å². The summed E-state index contributed by atoms with van der Waals surface area (Å²) in [5.74, 6) is -1.46. The quantitative estimate of drug-likeness (QED) is 0.721. The minimum atomic E-state index is -0.975. The van der Waals surface area contributed by atoms with Gasteiger partial charge in [0.05, 0.1) is 6.42 Å². The van der Waals surface area contributed by atoms with Gasteiger partial charge in [0, 0.05) is 13.0 Å². The van der Waals surface area contributed by atoms with Gasteiger partial charge in [0.2, 0.25) is 5.91 Å². The summed E-state index contributed by atoms with van der Waals surface area (Å²) in [7, 11) is 0. The molecule has 0 aromatic heterocycles.